The first kappa shape index (κ1) is 18.5. The van der Waals surface area contributed by atoms with E-state index in [1.165, 1.54) is 0 Å². The largest absolute Gasteiger partial charge is 0.436 e. The summed E-state index contributed by atoms with van der Waals surface area (Å²) >= 11 is 12.1. The first-order valence-electron chi connectivity index (χ1n) is 8.72. The summed E-state index contributed by atoms with van der Waals surface area (Å²) in [4.78, 5) is 9.05. The summed E-state index contributed by atoms with van der Waals surface area (Å²) in [5, 5.41) is 1.22. The third-order valence-electron chi connectivity index (χ3n) is 4.18. The van der Waals surface area contributed by atoms with Crippen molar-refractivity contribution in [3.05, 3.63) is 87.9 Å². The van der Waals surface area contributed by atoms with Crippen molar-refractivity contribution in [3.63, 3.8) is 0 Å². The Morgan fingerprint density at radius 3 is 2.75 bits per heavy atom. The van der Waals surface area contributed by atoms with Crippen LogP contribution in [-0.4, -0.2) is 11.2 Å². The van der Waals surface area contributed by atoms with Crippen molar-refractivity contribution >= 4 is 52.3 Å². The lowest BCUT2D eigenvalue weighted by Crippen LogP contribution is -1.77. The zero-order valence-electron chi connectivity index (χ0n) is 15.1. The van der Waals surface area contributed by atoms with E-state index in [2.05, 4.69) is 9.98 Å². The van der Waals surface area contributed by atoms with Gasteiger partial charge in [-0.3, -0.25) is 4.99 Å². The van der Waals surface area contributed by atoms with Crippen LogP contribution in [0.5, 0.6) is 0 Å². The smallest absolute Gasteiger partial charge is 0.227 e. The molecule has 3 aromatic carbocycles. The zero-order valence-corrected chi connectivity index (χ0v) is 16.6. The predicted molar refractivity (Wildman–Crippen MR) is 118 cm³/mol. The number of aromatic nitrogens is 1. The molecule has 0 fully saturated rings. The molecule has 3 nitrogen and oxygen atoms in total. The predicted octanol–water partition coefficient (Wildman–Crippen LogP) is 7.53. The topological polar surface area (TPSA) is 38.4 Å². The van der Waals surface area contributed by atoms with Crippen LogP contribution in [0.3, 0.4) is 0 Å². The number of allylic oxidation sites excluding steroid dienone is 1. The Morgan fingerprint density at radius 1 is 1.00 bits per heavy atom. The summed E-state index contributed by atoms with van der Waals surface area (Å²) in [5.74, 6) is 0.584. The van der Waals surface area contributed by atoms with Crippen molar-refractivity contribution in [1.82, 2.24) is 4.98 Å². The average Bonchev–Trinajstić information content (AvgIpc) is 3.10. The highest BCUT2D eigenvalue weighted by molar-refractivity contribution is 6.35. The molecule has 28 heavy (non-hydrogen) atoms. The molecule has 4 aromatic rings. The van der Waals surface area contributed by atoms with Gasteiger partial charge in [0.25, 0.3) is 0 Å². The van der Waals surface area contributed by atoms with E-state index >= 15 is 0 Å². The van der Waals surface area contributed by atoms with Crippen molar-refractivity contribution < 1.29 is 4.42 Å². The second kappa shape index (κ2) is 8.01. The first-order chi connectivity index (χ1) is 13.6. The average molecular weight is 407 g/mol. The Labute approximate surface area is 173 Å². The molecule has 0 aliphatic heterocycles. The maximum absolute atomic E-state index is 6.16. The van der Waals surface area contributed by atoms with Gasteiger partial charge in [-0.05, 0) is 66.6 Å². The summed E-state index contributed by atoms with van der Waals surface area (Å²) < 4.78 is 5.87. The van der Waals surface area contributed by atoms with Gasteiger partial charge >= 0.3 is 0 Å². The van der Waals surface area contributed by atoms with E-state index in [0.29, 0.717) is 15.9 Å². The number of halogens is 2. The van der Waals surface area contributed by atoms with Gasteiger partial charge in [0.15, 0.2) is 5.58 Å². The van der Waals surface area contributed by atoms with Crippen LogP contribution < -0.4 is 0 Å². The van der Waals surface area contributed by atoms with E-state index in [1.807, 2.05) is 67.6 Å². The highest BCUT2D eigenvalue weighted by Crippen LogP contribution is 2.27. The van der Waals surface area contributed by atoms with Crippen LogP contribution in [0.25, 0.3) is 28.6 Å². The number of benzene rings is 3. The van der Waals surface area contributed by atoms with Gasteiger partial charge in [0, 0.05) is 21.8 Å². The molecule has 0 spiro atoms. The molecule has 0 bridgehead atoms. The van der Waals surface area contributed by atoms with Gasteiger partial charge in [0.05, 0.1) is 5.69 Å². The van der Waals surface area contributed by atoms with Gasteiger partial charge in [0.2, 0.25) is 5.89 Å². The molecule has 1 aromatic heterocycles. The van der Waals surface area contributed by atoms with E-state index in [1.54, 1.807) is 18.3 Å². The lowest BCUT2D eigenvalue weighted by Gasteiger charge is -1.98. The third-order valence-corrected chi connectivity index (χ3v) is 4.75. The summed E-state index contributed by atoms with van der Waals surface area (Å²) in [5.41, 5.74) is 5.35. The minimum absolute atomic E-state index is 0.584. The number of oxazole rings is 1. The highest BCUT2D eigenvalue weighted by atomic mass is 35.5. The third kappa shape index (κ3) is 4.16. The molecule has 0 aliphatic carbocycles. The molecule has 0 atom stereocenters. The number of hydrogen-bond acceptors (Lipinski definition) is 3. The van der Waals surface area contributed by atoms with Crippen LogP contribution in [0.15, 0.2) is 76.1 Å². The van der Waals surface area contributed by atoms with E-state index in [0.717, 1.165) is 33.5 Å². The molecule has 0 aliphatic rings. The van der Waals surface area contributed by atoms with E-state index in [9.17, 15) is 0 Å². The fraction of sp³-hybridized carbons (Fsp3) is 0.0435. The van der Waals surface area contributed by atoms with E-state index in [4.69, 9.17) is 27.6 Å². The molecule has 5 heteroatoms. The minimum atomic E-state index is 0.584. The van der Waals surface area contributed by atoms with Gasteiger partial charge < -0.3 is 4.42 Å². The standard InChI is InChI=1S/C23H16Cl2N2O/c1-15-7-10-22-21(12-15)27-23(28-22)17-4-2-6-19(13-17)26-11-3-5-16-8-9-18(24)14-20(16)25/h2-14H,1H3/b5-3+,26-11?. The van der Waals surface area contributed by atoms with Gasteiger partial charge in [0.1, 0.15) is 5.52 Å². The quantitative estimate of drug-likeness (QED) is 0.328. The number of aliphatic imine (C=N–C) groups is 1. The zero-order chi connectivity index (χ0) is 19.5. The SMILES string of the molecule is Cc1ccc2oc(-c3cccc(N=C/C=C/c4ccc(Cl)cc4Cl)c3)nc2c1. The van der Waals surface area contributed by atoms with Gasteiger partial charge in [-0.1, -0.05) is 47.5 Å². The van der Waals surface area contributed by atoms with Crippen LogP contribution >= 0.6 is 23.2 Å². The normalized spacial score (nSPS) is 11.8. The summed E-state index contributed by atoms with van der Waals surface area (Å²) in [6.07, 6.45) is 5.44. The molecule has 1 heterocycles. The lowest BCUT2D eigenvalue weighted by molar-refractivity contribution is 0.620. The first-order valence-corrected chi connectivity index (χ1v) is 9.47. The Kier molecular flexibility index (Phi) is 5.29. The van der Waals surface area contributed by atoms with Crippen LogP contribution in [0.1, 0.15) is 11.1 Å². The molecule has 0 unspecified atom stereocenters. The van der Waals surface area contributed by atoms with E-state index < -0.39 is 0 Å². The lowest BCUT2D eigenvalue weighted by atomic mass is 10.2. The van der Waals surface area contributed by atoms with Crippen molar-refractivity contribution in [2.75, 3.05) is 0 Å². The van der Waals surface area contributed by atoms with Gasteiger partial charge in [-0.25, -0.2) is 4.98 Å². The van der Waals surface area contributed by atoms with Crippen molar-refractivity contribution in [2.24, 2.45) is 4.99 Å². The number of aryl methyl sites for hydroxylation is 1. The molecular formula is C23H16Cl2N2O. The fourth-order valence-corrected chi connectivity index (χ4v) is 3.26. The van der Waals surface area contributed by atoms with Crippen LogP contribution in [0, 0.1) is 6.92 Å². The number of nitrogens with zero attached hydrogens (tertiary/aromatic N) is 2. The van der Waals surface area contributed by atoms with Crippen LogP contribution in [-0.2, 0) is 0 Å². The molecule has 138 valence electrons. The molecular weight excluding hydrogens is 391 g/mol. The minimum Gasteiger partial charge on any atom is -0.436 e. The molecule has 0 radical (unpaired) electrons. The summed E-state index contributed by atoms with van der Waals surface area (Å²) in [6.45, 7) is 2.04. The van der Waals surface area contributed by atoms with Crippen molar-refractivity contribution in [1.29, 1.82) is 0 Å². The number of rotatable bonds is 4. The van der Waals surface area contributed by atoms with Crippen molar-refractivity contribution in [2.45, 2.75) is 6.92 Å². The summed E-state index contributed by atoms with van der Waals surface area (Å²) in [7, 11) is 0. The highest BCUT2D eigenvalue weighted by Gasteiger charge is 2.08. The fourth-order valence-electron chi connectivity index (χ4n) is 2.79. The molecule has 0 amide bonds. The maximum Gasteiger partial charge on any atom is 0.227 e. The molecule has 0 saturated heterocycles. The monoisotopic (exact) mass is 406 g/mol. The second-order valence-corrected chi connectivity index (χ2v) is 7.19. The maximum atomic E-state index is 6.16. The number of hydrogen-bond donors (Lipinski definition) is 0. The molecule has 0 N–H and O–H groups in total. The Bertz CT molecular complexity index is 1210. The van der Waals surface area contributed by atoms with Gasteiger partial charge in [-0.2, -0.15) is 0 Å². The summed E-state index contributed by atoms with van der Waals surface area (Å²) in [6, 6.07) is 19.1. The number of fused-ring (bicyclic) bond motifs is 1. The van der Waals surface area contributed by atoms with Crippen LogP contribution in [0.2, 0.25) is 10.0 Å². The molecule has 4 rings (SSSR count). The Morgan fingerprint density at radius 2 is 1.89 bits per heavy atom. The Balaban J connectivity index is 1.54. The second-order valence-electron chi connectivity index (χ2n) is 6.34. The Hall–Kier alpha value is -2.88. The van der Waals surface area contributed by atoms with Crippen molar-refractivity contribution in [3.8, 4) is 11.5 Å². The van der Waals surface area contributed by atoms with E-state index in [-0.39, 0.29) is 0 Å². The van der Waals surface area contributed by atoms with Gasteiger partial charge in [-0.15, -0.1) is 0 Å². The van der Waals surface area contributed by atoms with Crippen LogP contribution in [0.4, 0.5) is 5.69 Å². The molecule has 0 saturated carbocycles.